The van der Waals surface area contributed by atoms with Crippen LogP contribution in [0.4, 0.5) is 10.8 Å². The molecule has 0 aliphatic heterocycles. The van der Waals surface area contributed by atoms with E-state index in [2.05, 4.69) is 10.6 Å². The van der Waals surface area contributed by atoms with Gasteiger partial charge in [-0.2, -0.15) is 0 Å². The molecule has 0 radical (unpaired) electrons. The number of hydrogen-bond acceptors (Lipinski definition) is 6. The summed E-state index contributed by atoms with van der Waals surface area (Å²) in [5.41, 5.74) is 1.91. The lowest BCUT2D eigenvalue weighted by Gasteiger charge is -2.24. The van der Waals surface area contributed by atoms with E-state index >= 15 is 0 Å². The molecule has 140 valence electrons. The lowest BCUT2D eigenvalue weighted by Crippen LogP contribution is -2.44. The Bertz CT molecular complexity index is 714. The molecule has 2 N–H and O–H groups in total. The SMILES string of the molecule is COCC(COC)NC(=O)C1CCCc2sc(Nc3ccccc3)nc21. The second kappa shape index (κ2) is 9.12. The van der Waals surface area contributed by atoms with E-state index in [4.69, 9.17) is 14.5 Å². The number of aromatic nitrogens is 1. The van der Waals surface area contributed by atoms with Crippen molar-refractivity contribution in [1.29, 1.82) is 0 Å². The summed E-state index contributed by atoms with van der Waals surface area (Å²) in [4.78, 5) is 18.7. The number of hydrogen-bond donors (Lipinski definition) is 2. The number of ether oxygens (including phenoxy) is 2. The number of nitrogens with one attached hydrogen (secondary N) is 2. The van der Waals surface area contributed by atoms with Crippen LogP contribution >= 0.6 is 11.3 Å². The predicted octanol–water partition coefficient (Wildman–Crippen LogP) is 3.08. The molecule has 26 heavy (non-hydrogen) atoms. The third-order valence-electron chi connectivity index (χ3n) is 4.38. The number of amides is 1. The first-order valence-electron chi connectivity index (χ1n) is 8.81. The third-order valence-corrected chi connectivity index (χ3v) is 5.42. The van der Waals surface area contributed by atoms with Crippen LogP contribution in [0, 0.1) is 0 Å². The van der Waals surface area contributed by atoms with E-state index in [0.29, 0.717) is 13.2 Å². The first-order valence-corrected chi connectivity index (χ1v) is 9.62. The molecule has 2 aromatic rings. The summed E-state index contributed by atoms with van der Waals surface area (Å²) in [6.45, 7) is 0.855. The average molecular weight is 375 g/mol. The van der Waals surface area contributed by atoms with Crippen LogP contribution in [0.1, 0.15) is 29.3 Å². The maximum absolute atomic E-state index is 12.8. The number of anilines is 2. The van der Waals surface area contributed by atoms with E-state index < -0.39 is 0 Å². The molecule has 0 fully saturated rings. The second-order valence-corrected chi connectivity index (χ2v) is 7.46. The van der Waals surface area contributed by atoms with E-state index in [0.717, 1.165) is 35.8 Å². The van der Waals surface area contributed by atoms with Gasteiger partial charge in [-0.3, -0.25) is 4.79 Å². The summed E-state index contributed by atoms with van der Waals surface area (Å²) >= 11 is 1.64. The van der Waals surface area contributed by atoms with E-state index in [-0.39, 0.29) is 17.9 Å². The van der Waals surface area contributed by atoms with Gasteiger partial charge in [0.25, 0.3) is 0 Å². The molecule has 1 unspecified atom stereocenters. The summed E-state index contributed by atoms with van der Waals surface area (Å²) in [6.07, 6.45) is 2.80. The zero-order valence-corrected chi connectivity index (χ0v) is 16.0. The third kappa shape index (κ3) is 4.60. The zero-order valence-electron chi connectivity index (χ0n) is 15.2. The van der Waals surface area contributed by atoms with Crippen molar-refractivity contribution in [2.75, 3.05) is 32.8 Å². The van der Waals surface area contributed by atoms with Crippen molar-refractivity contribution in [3.8, 4) is 0 Å². The molecule has 3 rings (SSSR count). The standard InChI is InChI=1S/C19H25N3O3S/c1-24-11-14(12-25-2)20-18(23)15-9-6-10-16-17(15)22-19(26-16)21-13-7-4-3-5-8-13/h3-5,7-8,14-15H,6,9-12H2,1-2H3,(H,20,23)(H,21,22). The lowest BCUT2D eigenvalue weighted by atomic mass is 9.90. The van der Waals surface area contributed by atoms with Crippen LogP contribution in [0.2, 0.25) is 0 Å². The molecule has 7 heteroatoms. The van der Waals surface area contributed by atoms with Crippen molar-refractivity contribution in [2.45, 2.75) is 31.2 Å². The van der Waals surface area contributed by atoms with Crippen LogP contribution in [-0.2, 0) is 20.7 Å². The maximum Gasteiger partial charge on any atom is 0.229 e. The molecular formula is C19H25N3O3S. The Hall–Kier alpha value is -1.96. The number of carbonyl (C=O) groups is 1. The van der Waals surface area contributed by atoms with E-state index in [1.54, 1.807) is 25.6 Å². The van der Waals surface area contributed by atoms with Crippen molar-refractivity contribution in [2.24, 2.45) is 0 Å². The number of aryl methyl sites for hydroxylation is 1. The second-order valence-electron chi connectivity index (χ2n) is 6.38. The Morgan fingerprint density at radius 3 is 2.69 bits per heavy atom. The minimum Gasteiger partial charge on any atom is -0.382 e. The normalized spacial score (nSPS) is 16.3. The molecule has 6 nitrogen and oxygen atoms in total. The molecule has 1 aliphatic rings. The zero-order chi connectivity index (χ0) is 18.4. The molecule has 1 aromatic heterocycles. The van der Waals surface area contributed by atoms with Gasteiger partial charge >= 0.3 is 0 Å². The molecule has 1 heterocycles. The number of thiazole rings is 1. The number of fused-ring (bicyclic) bond motifs is 1. The Morgan fingerprint density at radius 1 is 1.27 bits per heavy atom. The van der Waals surface area contributed by atoms with Gasteiger partial charge in [0.1, 0.15) is 0 Å². The smallest absolute Gasteiger partial charge is 0.229 e. The van der Waals surface area contributed by atoms with Crippen LogP contribution < -0.4 is 10.6 Å². The highest BCUT2D eigenvalue weighted by molar-refractivity contribution is 7.15. The van der Waals surface area contributed by atoms with Gasteiger partial charge in [0.2, 0.25) is 5.91 Å². The van der Waals surface area contributed by atoms with Crippen LogP contribution in [0.25, 0.3) is 0 Å². The summed E-state index contributed by atoms with van der Waals surface area (Å²) in [5.74, 6) is -0.209. The Kier molecular flexibility index (Phi) is 6.60. The lowest BCUT2D eigenvalue weighted by molar-refractivity contribution is -0.124. The molecular weight excluding hydrogens is 350 g/mol. The summed E-state index contributed by atoms with van der Waals surface area (Å²) in [6, 6.07) is 9.81. The Labute approximate surface area is 157 Å². The molecule has 1 amide bonds. The van der Waals surface area contributed by atoms with Gasteiger partial charge in [-0.25, -0.2) is 4.98 Å². The first kappa shape index (κ1) is 18.8. The topological polar surface area (TPSA) is 72.5 Å². The quantitative estimate of drug-likeness (QED) is 0.742. The number of rotatable bonds is 8. The largest absolute Gasteiger partial charge is 0.382 e. The van der Waals surface area contributed by atoms with E-state index in [1.807, 2.05) is 30.3 Å². The molecule has 0 saturated heterocycles. The fourth-order valence-corrected chi connectivity index (χ4v) is 4.29. The van der Waals surface area contributed by atoms with Gasteiger partial charge in [0.15, 0.2) is 5.13 Å². The molecule has 1 aliphatic carbocycles. The van der Waals surface area contributed by atoms with Crippen molar-refractivity contribution in [3.05, 3.63) is 40.9 Å². The van der Waals surface area contributed by atoms with Gasteiger partial charge in [-0.1, -0.05) is 18.2 Å². The van der Waals surface area contributed by atoms with Crippen LogP contribution in [0.5, 0.6) is 0 Å². The molecule has 0 saturated carbocycles. The van der Waals surface area contributed by atoms with Gasteiger partial charge in [-0.05, 0) is 31.4 Å². The number of para-hydroxylation sites is 1. The van der Waals surface area contributed by atoms with Crippen molar-refractivity contribution >= 4 is 28.1 Å². The molecule has 1 aromatic carbocycles. The number of nitrogens with zero attached hydrogens (tertiary/aromatic N) is 1. The van der Waals surface area contributed by atoms with Gasteiger partial charge in [0, 0.05) is 24.8 Å². The number of methoxy groups -OCH3 is 2. The molecule has 1 atom stereocenters. The monoisotopic (exact) mass is 375 g/mol. The van der Waals surface area contributed by atoms with Crippen molar-refractivity contribution in [1.82, 2.24) is 10.3 Å². The highest BCUT2D eigenvalue weighted by Gasteiger charge is 2.31. The van der Waals surface area contributed by atoms with Gasteiger partial charge in [-0.15, -0.1) is 11.3 Å². The van der Waals surface area contributed by atoms with Crippen LogP contribution in [0.15, 0.2) is 30.3 Å². The van der Waals surface area contributed by atoms with Gasteiger partial charge in [0.05, 0.1) is 30.9 Å². The van der Waals surface area contributed by atoms with Crippen molar-refractivity contribution < 1.29 is 14.3 Å². The maximum atomic E-state index is 12.8. The van der Waals surface area contributed by atoms with Crippen molar-refractivity contribution in [3.63, 3.8) is 0 Å². The summed E-state index contributed by atoms with van der Waals surface area (Å²) in [7, 11) is 3.24. The van der Waals surface area contributed by atoms with Crippen LogP contribution in [-0.4, -0.2) is 44.4 Å². The van der Waals surface area contributed by atoms with Crippen LogP contribution in [0.3, 0.4) is 0 Å². The fourth-order valence-electron chi connectivity index (χ4n) is 3.21. The van der Waals surface area contributed by atoms with Gasteiger partial charge < -0.3 is 20.1 Å². The van der Waals surface area contributed by atoms with E-state index in [1.165, 1.54) is 4.88 Å². The highest BCUT2D eigenvalue weighted by Crippen LogP contribution is 2.37. The Morgan fingerprint density at radius 2 is 2.00 bits per heavy atom. The molecule has 0 spiro atoms. The first-order chi connectivity index (χ1) is 12.7. The summed E-state index contributed by atoms with van der Waals surface area (Å²) in [5, 5.41) is 7.22. The fraction of sp³-hybridized carbons (Fsp3) is 0.474. The average Bonchev–Trinajstić information content (AvgIpc) is 3.05. The summed E-state index contributed by atoms with van der Waals surface area (Å²) < 4.78 is 10.3. The number of carbonyl (C=O) groups excluding carboxylic acids is 1. The highest BCUT2D eigenvalue weighted by atomic mass is 32.1. The van der Waals surface area contributed by atoms with E-state index in [9.17, 15) is 4.79 Å². The minimum absolute atomic E-state index is 0.00149. The minimum atomic E-state index is -0.211. The number of benzene rings is 1. The predicted molar refractivity (Wildman–Crippen MR) is 103 cm³/mol. The molecule has 0 bridgehead atoms. The Balaban J connectivity index is 1.72.